The maximum Gasteiger partial charge on any atom is 0.0954 e. The Morgan fingerprint density at radius 1 is 1.79 bits per heavy atom. The quantitative estimate of drug-likeness (QED) is 0.483. The van der Waals surface area contributed by atoms with E-state index in [4.69, 9.17) is 0 Å². The van der Waals surface area contributed by atoms with E-state index in [2.05, 4.69) is 31.7 Å². The fourth-order valence-electron chi connectivity index (χ4n) is 1.80. The third-order valence-electron chi connectivity index (χ3n) is 3.01. The molecule has 1 aliphatic carbocycles. The molecule has 2 nitrogen and oxygen atoms in total. The smallest absolute Gasteiger partial charge is 0.0954 e. The van der Waals surface area contributed by atoms with E-state index < -0.39 is 0 Å². The molecule has 0 amide bonds. The molecule has 1 saturated carbocycles. The SMILES string of the molecule is C=C(C)C1C/C1=C/C(CC)C(C)N=O. The van der Waals surface area contributed by atoms with Crippen molar-refractivity contribution in [2.75, 3.05) is 0 Å². The first-order valence-corrected chi connectivity index (χ1v) is 5.28. The van der Waals surface area contributed by atoms with Crippen LogP contribution in [0.1, 0.15) is 33.6 Å². The standard InChI is InChI=1S/C12H19NO/c1-5-10(9(4)13-14)6-11-7-12(11)8(2)3/h6,9-10,12H,2,5,7H2,1,3-4H3/b11-6-. The summed E-state index contributed by atoms with van der Waals surface area (Å²) in [6.45, 7) is 9.99. The molecule has 0 aromatic rings. The number of hydrogen-bond acceptors (Lipinski definition) is 2. The highest BCUT2D eigenvalue weighted by atomic mass is 16.3. The molecule has 0 bridgehead atoms. The van der Waals surface area contributed by atoms with Crippen molar-refractivity contribution in [1.82, 2.24) is 0 Å². The van der Waals surface area contributed by atoms with Gasteiger partial charge in [0.25, 0.3) is 0 Å². The van der Waals surface area contributed by atoms with Crippen LogP contribution in [0.15, 0.2) is 29.0 Å². The Bertz CT molecular complexity index is 267. The number of nitroso groups, excluding NO2 is 1. The lowest BCUT2D eigenvalue weighted by molar-refractivity contribution is 0.518. The van der Waals surface area contributed by atoms with E-state index in [0.29, 0.717) is 11.8 Å². The summed E-state index contributed by atoms with van der Waals surface area (Å²) in [6, 6.07) is -0.0983. The Kier molecular flexibility index (Phi) is 3.62. The zero-order chi connectivity index (χ0) is 10.7. The minimum Gasteiger partial charge on any atom is -0.151 e. The van der Waals surface area contributed by atoms with Gasteiger partial charge < -0.3 is 0 Å². The van der Waals surface area contributed by atoms with Gasteiger partial charge in [-0.25, -0.2) is 0 Å². The van der Waals surface area contributed by atoms with E-state index in [1.54, 1.807) is 0 Å². The van der Waals surface area contributed by atoms with E-state index in [1.807, 2.05) is 6.92 Å². The van der Waals surface area contributed by atoms with Crippen LogP contribution in [0.5, 0.6) is 0 Å². The molecule has 0 N–H and O–H groups in total. The molecule has 3 atom stereocenters. The lowest BCUT2D eigenvalue weighted by Gasteiger charge is -2.11. The van der Waals surface area contributed by atoms with Gasteiger partial charge in [-0.05, 0) is 26.7 Å². The normalized spacial score (nSPS) is 27.1. The molecule has 1 rings (SSSR count). The highest BCUT2D eigenvalue weighted by Crippen LogP contribution is 2.43. The van der Waals surface area contributed by atoms with E-state index in [0.717, 1.165) is 12.8 Å². The summed E-state index contributed by atoms with van der Waals surface area (Å²) < 4.78 is 0. The Balaban J connectivity index is 2.58. The van der Waals surface area contributed by atoms with Crippen LogP contribution < -0.4 is 0 Å². The van der Waals surface area contributed by atoms with Crippen LogP contribution in [0.4, 0.5) is 0 Å². The first-order valence-electron chi connectivity index (χ1n) is 5.28. The summed E-state index contributed by atoms with van der Waals surface area (Å²) in [5.41, 5.74) is 2.68. The fourth-order valence-corrected chi connectivity index (χ4v) is 1.80. The molecule has 2 heteroatoms. The molecule has 14 heavy (non-hydrogen) atoms. The van der Waals surface area contributed by atoms with Crippen LogP contribution >= 0.6 is 0 Å². The van der Waals surface area contributed by atoms with Crippen molar-refractivity contribution < 1.29 is 0 Å². The first kappa shape index (κ1) is 11.2. The molecule has 0 radical (unpaired) electrons. The lowest BCUT2D eigenvalue weighted by atomic mass is 9.98. The molecule has 0 aromatic heterocycles. The minimum atomic E-state index is -0.0983. The molecular formula is C12H19NO. The molecule has 3 unspecified atom stereocenters. The van der Waals surface area contributed by atoms with Crippen molar-refractivity contribution in [3.63, 3.8) is 0 Å². The van der Waals surface area contributed by atoms with Crippen LogP contribution in [-0.4, -0.2) is 6.04 Å². The second-order valence-corrected chi connectivity index (χ2v) is 4.26. The molecule has 0 aromatic carbocycles. The first-order chi connectivity index (χ1) is 6.60. The average molecular weight is 193 g/mol. The van der Waals surface area contributed by atoms with Crippen molar-refractivity contribution in [2.45, 2.75) is 39.7 Å². The van der Waals surface area contributed by atoms with Crippen molar-refractivity contribution in [1.29, 1.82) is 0 Å². The van der Waals surface area contributed by atoms with Gasteiger partial charge in [0.15, 0.2) is 0 Å². The van der Waals surface area contributed by atoms with Gasteiger partial charge in [-0.2, -0.15) is 4.91 Å². The summed E-state index contributed by atoms with van der Waals surface area (Å²) in [5.74, 6) is 0.898. The largest absolute Gasteiger partial charge is 0.151 e. The van der Waals surface area contributed by atoms with Gasteiger partial charge in [-0.1, -0.05) is 35.9 Å². The third-order valence-corrected chi connectivity index (χ3v) is 3.01. The molecule has 0 spiro atoms. The Morgan fingerprint density at radius 2 is 2.43 bits per heavy atom. The van der Waals surface area contributed by atoms with Crippen molar-refractivity contribution in [3.05, 3.63) is 28.7 Å². The van der Waals surface area contributed by atoms with Gasteiger partial charge in [-0.3, -0.25) is 0 Å². The number of nitrogens with zero attached hydrogens (tertiary/aromatic N) is 1. The van der Waals surface area contributed by atoms with Gasteiger partial charge in [-0.15, -0.1) is 0 Å². The van der Waals surface area contributed by atoms with Crippen LogP contribution in [-0.2, 0) is 0 Å². The second-order valence-electron chi connectivity index (χ2n) is 4.26. The predicted molar refractivity (Wildman–Crippen MR) is 60.0 cm³/mol. The molecule has 0 heterocycles. The zero-order valence-corrected chi connectivity index (χ0v) is 9.29. The molecule has 1 fully saturated rings. The van der Waals surface area contributed by atoms with Crippen LogP contribution in [0, 0.1) is 16.7 Å². The van der Waals surface area contributed by atoms with Crippen molar-refractivity contribution in [2.24, 2.45) is 17.0 Å². The summed E-state index contributed by atoms with van der Waals surface area (Å²) in [7, 11) is 0. The molecule has 0 aliphatic heterocycles. The van der Waals surface area contributed by atoms with Crippen LogP contribution in [0.2, 0.25) is 0 Å². The van der Waals surface area contributed by atoms with Crippen LogP contribution in [0.3, 0.4) is 0 Å². The van der Waals surface area contributed by atoms with Crippen LogP contribution in [0.25, 0.3) is 0 Å². The van der Waals surface area contributed by atoms with E-state index in [9.17, 15) is 4.91 Å². The van der Waals surface area contributed by atoms with E-state index in [1.165, 1.54) is 11.1 Å². The topological polar surface area (TPSA) is 29.4 Å². The molecular weight excluding hydrogens is 174 g/mol. The number of rotatable bonds is 5. The van der Waals surface area contributed by atoms with E-state index in [-0.39, 0.29) is 6.04 Å². The van der Waals surface area contributed by atoms with Gasteiger partial charge in [0, 0.05) is 11.8 Å². The van der Waals surface area contributed by atoms with Gasteiger partial charge in [0.05, 0.1) is 6.04 Å². The third kappa shape index (κ3) is 2.53. The summed E-state index contributed by atoms with van der Waals surface area (Å²) in [5, 5.41) is 3.09. The molecule has 0 saturated heterocycles. The van der Waals surface area contributed by atoms with Gasteiger partial charge in [0.1, 0.15) is 0 Å². The van der Waals surface area contributed by atoms with Crippen molar-refractivity contribution in [3.8, 4) is 0 Å². The second kappa shape index (κ2) is 4.54. The summed E-state index contributed by atoms with van der Waals surface area (Å²) >= 11 is 0. The molecule has 1 aliphatic rings. The van der Waals surface area contributed by atoms with Gasteiger partial charge >= 0.3 is 0 Å². The van der Waals surface area contributed by atoms with E-state index >= 15 is 0 Å². The van der Waals surface area contributed by atoms with Gasteiger partial charge in [0.2, 0.25) is 0 Å². The zero-order valence-electron chi connectivity index (χ0n) is 9.29. The highest BCUT2D eigenvalue weighted by Gasteiger charge is 2.31. The Morgan fingerprint density at radius 3 is 2.79 bits per heavy atom. The monoisotopic (exact) mass is 193 g/mol. The predicted octanol–water partition coefficient (Wildman–Crippen LogP) is 3.69. The summed E-state index contributed by atoms with van der Waals surface area (Å²) in [4.78, 5) is 10.4. The Hall–Kier alpha value is -0.920. The molecule has 78 valence electrons. The minimum absolute atomic E-state index is 0.0983. The number of allylic oxidation sites excluding steroid dienone is 2. The maximum absolute atomic E-state index is 10.4. The summed E-state index contributed by atoms with van der Waals surface area (Å²) in [6.07, 6.45) is 4.35. The maximum atomic E-state index is 10.4. The lowest BCUT2D eigenvalue weighted by Crippen LogP contribution is -2.10. The average Bonchev–Trinajstić information content (AvgIpc) is 2.92. The Labute approximate surface area is 86.1 Å². The van der Waals surface area contributed by atoms with Crippen molar-refractivity contribution >= 4 is 0 Å². The fraction of sp³-hybridized carbons (Fsp3) is 0.667. The highest BCUT2D eigenvalue weighted by molar-refractivity contribution is 5.33. The number of hydrogen-bond donors (Lipinski definition) is 0.